The molecule has 2 N–H and O–H groups in total. The second kappa shape index (κ2) is 9.19. The molecule has 0 unspecified atom stereocenters. The zero-order valence-corrected chi connectivity index (χ0v) is 17.5. The number of rotatable bonds is 7. The van der Waals surface area contributed by atoms with E-state index in [2.05, 4.69) is 21.8 Å². The van der Waals surface area contributed by atoms with Gasteiger partial charge in [0.15, 0.2) is 0 Å². The summed E-state index contributed by atoms with van der Waals surface area (Å²) in [6.45, 7) is 3.95. The van der Waals surface area contributed by atoms with E-state index in [1.165, 1.54) is 11.8 Å². The number of aromatic nitrogens is 2. The van der Waals surface area contributed by atoms with Crippen molar-refractivity contribution in [2.45, 2.75) is 16.4 Å². The molecular weight excluding hydrogens is 402 g/mol. The summed E-state index contributed by atoms with van der Waals surface area (Å²) in [4.78, 5) is 26.7. The van der Waals surface area contributed by atoms with E-state index in [-0.39, 0.29) is 6.61 Å². The van der Waals surface area contributed by atoms with Gasteiger partial charge < -0.3 is 24.7 Å². The van der Waals surface area contributed by atoms with Crippen LogP contribution < -0.4 is 15.4 Å². The molecule has 3 aromatic rings. The molecule has 9 heteroatoms. The summed E-state index contributed by atoms with van der Waals surface area (Å²) in [5.74, 6) is 1.43. The molecule has 1 aromatic carbocycles. The van der Waals surface area contributed by atoms with Crippen molar-refractivity contribution in [1.29, 1.82) is 0 Å². The zero-order chi connectivity index (χ0) is 20.9. The minimum Gasteiger partial charge on any atom is -0.469 e. The Hall–Kier alpha value is -3.04. The number of amides is 1. The number of ether oxygens (including phenoxy) is 1. The molecule has 0 bridgehead atoms. The molecule has 2 aromatic heterocycles. The number of piperazine rings is 1. The van der Waals surface area contributed by atoms with Crippen molar-refractivity contribution in [3.63, 3.8) is 0 Å². The van der Waals surface area contributed by atoms with Crippen LogP contribution >= 0.6 is 11.8 Å². The maximum atomic E-state index is 11.3. The fourth-order valence-electron chi connectivity index (χ4n) is 3.03. The van der Waals surface area contributed by atoms with E-state index in [0.29, 0.717) is 17.4 Å². The Kier molecular flexibility index (Phi) is 6.20. The lowest BCUT2D eigenvalue weighted by Crippen LogP contribution is -2.45. The van der Waals surface area contributed by atoms with Crippen LogP contribution in [0.4, 0.5) is 5.95 Å². The monoisotopic (exact) mass is 425 g/mol. The first-order valence-electron chi connectivity index (χ1n) is 9.62. The summed E-state index contributed by atoms with van der Waals surface area (Å²) >= 11 is 1.47. The summed E-state index contributed by atoms with van der Waals surface area (Å²) in [6.07, 6.45) is 3.40. The molecule has 0 spiro atoms. The minimum atomic E-state index is -0.450. The highest BCUT2D eigenvalue weighted by Crippen LogP contribution is 2.35. The van der Waals surface area contributed by atoms with Crippen molar-refractivity contribution < 1.29 is 13.9 Å². The maximum Gasteiger partial charge on any atom is 0.248 e. The second-order valence-electron chi connectivity index (χ2n) is 6.99. The second-order valence-corrected chi connectivity index (χ2v) is 8.10. The average Bonchev–Trinajstić information content (AvgIpc) is 3.28. The third-order valence-corrected chi connectivity index (χ3v) is 5.80. The van der Waals surface area contributed by atoms with E-state index < -0.39 is 5.91 Å². The highest BCUT2D eigenvalue weighted by Gasteiger charge is 2.19. The number of primary amides is 1. The van der Waals surface area contributed by atoms with Crippen LogP contribution in [0.2, 0.25) is 0 Å². The van der Waals surface area contributed by atoms with E-state index in [9.17, 15) is 4.79 Å². The number of likely N-dealkylation sites (N-methyl/N-ethyl adjacent to an activating group) is 1. The Balaban J connectivity index is 1.56. The van der Waals surface area contributed by atoms with E-state index in [4.69, 9.17) is 19.9 Å². The van der Waals surface area contributed by atoms with Crippen LogP contribution in [0.5, 0.6) is 5.88 Å². The highest BCUT2D eigenvalue weighted by molar-refractivity contribution is 7.99. The van der Waals surface area contributed by atoms with E-state index in [0.717, 1.165) is 41.7 Å². The number of anilines is 1. The number of hydrogen-bond acceptors (Lipinski definition) is 8. The number of furan rings is 1. The Labute approximate surface area is 179 Å². The number of benzene rings is 1. The lowest BCUT2D eigenvalue weighted by atomic mass is 10.2. The fraction of sp³-hybridized carbons (Fsp3) is 0.286. The van der Waals surface area contributed by atoms with Crippen molar-refractivity contribution in [2.75, 3.05) is 38.1 Å². The molecule has 8 nitrogen and oxygen atoms in total. The fourth-order valence-corrected chi connectivity index (χ4v) is 3.85. The van der Waals surface area contributed by atoms with Crippen molar-refractivity contribution >= 4 is 23.6 Å². The first-order valence-corrected chi connectivity index (χ1v) is 10.4. The molecule has 4 rings (SSSR count). The van der Waals surface area contributed by atoms with E-state index in [1.54, 1.807) is 24.6 Å². The molecule has 3 heterocycles. The van der Waals surface area contributed by atoms with Gasteiger partial charge in [0.25, 0.3) is 0 Å². The third-order valence-electron chi connectivity index (χ3n) is 4.79. The summed E-state index contributed by atoms with van der Waals surface area (Å²) in [5, 5.41) is 0. The summed E-state index contributed by atoms with van der Waals surface area (Å²) < 4.78 is 11.4. The van der Waals surface area contributed by atoms with Crippen LogP contribution in [-0.4, -0.2) is 54.0 Å². The zero-order valence-electron chi connectivity index (χ0n) is 16.7. The molecule has 1 aliphatic heterocycles. The predicted octanol–water partition coefficient (Wildman–Crippen LogP) is 2.65. The Morgan fingerprint density at radius 3 is 2.63 bits per heavy atom. The van der Waals surface area contributed by atoms with Gasteiger partial charge in [-0.2, -0.15) is 4.98 Å². The van der Waals surface area contributed by atoms with Gasteiger partial charge in [0.2, 0.25) is 17.7 Å². The Morgan fingerprint density at radius 2 is 1.97 bits per heavy atom. The van der Waals surface area contributed by atoms with Gasteiger partial charge in [0.05, 0.1) is 17.4 Å². The van der Waals surface area contributed by atoms with Crippen molar-refractivity contribution in [3.8, 4) is 5.88 Å². The van der Waals surface area contributed by atoms with Crippen LogP contribution in [0.15, 0.2) is 63.1 Å². The molecule has 0 saturated carbocycles. The quantitative estimate of drug-likeness (QED) is 0.617. The molecule has 30 heavy (non-hydrogen) atoms. The number of hydrogen-bond donors (Lipinski definition) is 1. The van der Waals surface area contributed by atoms with Gasteiger partial charge in [-0.05, 0) is 43.4 Å². The number of nitrogens with two attached hydrogens (primary N) is 1. The van der Waals surface area contributed by atoms with Crippen LogP contribution in [0.25, 0.3) is 0 Å². The molecule has 156 valence electrons. The Morgan fingerprint density at radius 1 is 1.20 bits per heavy atom. The first kappa shape index (κ1) is 20.2. The van der Waals surface area contributed by atoms with Crippen LogP contribution in [-0.2, 0) is 6.61 Å². The van der Waals surface area contributed by atoms with Crippen molar-refractivity contribution in [2.24, 2.45) is 5.73 Å². The molecule has 1 amide bonds. The smallest absolute Gasteiger partial charge is 0.248 e. The Bertz CT molecular complexity index is 986. The maximum absolute atomic E-state index is 11.3. The summed E-state index contributed by atoms with van der Waals surface area (Å²) in [7, 11) is 2.11. The molecule has 0 radical (unpaired) electrons. The molecule has 0 aliphatic carbocycles. The topological polar surface area (TPSA) is 97.7 Å². The normalized spacial score (nSPS) is 14.6. The predicted molar refractivity (Wildman–Crippen MR) is 114 cm³/mol. The lowest BCUT2D eigenvalue weighted by Gasteiger charge is -2.32. The van der Waals surface area contributed by atoms with Gasteiger partial charge in [-0.1, -0.05) is 11.8 Å². The van der Waals surface area contributed by atoms with Gasteiger partial charge in [-0.15, -0.1) is 0 Å². The van der Waals surface area contributed by atoms with Gasteiger partial charge in [-0.3, -0.25) is 4.79 Å². The van der Waals surface area contributed by atoms with Gasteiger partial charge in [0, 0.05) is 36.6 Å². The summed E-state index contributed by atoms with van der Waals surface area (Å²) in [5.41, 5.74) is 5.79. The molecule has 1 fully saturated rings. The van der Waals surface area contributed by atoms with Crippen LogP contribution in [0.3, 0.4) is 0 Å². The number of carbonyl (C=O) groups excluding carboxylic acids is 1. The minimum absolute atomic E-state index is 0.278. The van der Waals surface area contributed by atoms with E-state index in [1.807, 2.05) is 24.3 Å². The molecule has 1 saturated heterocycles. The average molecular weight is 426 g/mol. The standard InChI is InChI=1S/C21H23N5O3S/c1-25-8-10-26(11-9-25)21-23-13-18(20(24-21)29-14-16-3-2-12-28-16)30-17-6-4-15(5-7-17)19(22)27/h2-7,12-13H,8-11,14H2,1H3,(H2,22,27). The highest BCUT2D eigenvalue weighted by atomic mass is 32.2. The van der Waals surface area contributed by atoms with Gasteiger partial charge >= 0.3 is 0 Å². The number of carbonyl (C=O) groups is 1. The first-order chi connectivity index (χ1) is 14.6. The number of nitrogens with zero attached hydrogens (tertiary/aromatic N) is 4. The molecule has 1 aliphatic rings. The van der Waals surface area contributed by atoms with Gasteiger partial charge in [-0.25, -0.2) is 4.98 Å². The lowest BCUT2D eigenvalue weighted by molar-refractivity contribution is 0.1000. The van der Waals surface area contributed by atoms with Crippen LogP contribution in [0, 0.1) is 0 Å². The van der Waals surface area contributed by atoms with Crippen molar-refractivity contribution in [3.05, 3.63) is 60.2 Å². The SMILES string of the molecule is CN1CCN(c2ncc(Sc3ccc(C(N)=O)cc3)c(OCc3ccco3)n2)CC1. The van der Waals surface area contributed by atoms with E-state index >= 15 is 0 Å². The van der Waals surface area contributed by atoms with Crippen molar-refractivity contribution in [1.82, 2.24) is 14.9 Å². The third kappa shape index (κ3) is 4.92. The van der Waals surface area contributed by atoms with Gasteiger partial charge in [0.1, 0.15) is 12.4 Å². The molecule has 0 atom stereocenters. The summed E-state index contributed by atoms with van der Waals surface area (Å²) in [6, 6.07) is 10.8. The largest absolute Gasteiger partial charge is 0.469 e. The van der Waals surface area contributed by atoms with Crippen LogP contribution in [0.1, 0.15) is 16.1 Å². The molecular formula is C21H23N5O3S.